The highest BCUT2D eigenvalue weighted by atomic mass is 15.1. The number of rotatable bonds is 1. The van der Waals surface area contributed by atoms with Gasteiger partial charge < -0.3 is 4.57 Å². The molecule has 0 aromatic carbocycles. The van der Waals surface area contributed by atoms with Crippen molar-refractivity contribution in [3.63, 3.8) is 0 Å². The van der Waals surface area contributed by atoms with E-state index in [9.17, 15) is 0 Å². The van der Waals surface area contributed by atoms with E-state index in [1.807, 2.05) is 6.20 Å². The van der Waals surface area contributed by atoms with Crippen molar-refractivity contribution < 1.29 is 0 Å². The van der Waals surface area contributed by atoms with E-state index in [-0.39, 0.29) is 5.41 Å². The molecule has 0 unspecified atom stereocenters. The second-order valence-electron chi connectivity index (χ2n) is 4.90. The van der Waals surface area contributed by atoms with E-state index >= 15 is 0 Å². The molecule has 2 heteroatoms. The molecular weight excluding hydrogens is 160 g/mol. The van der Waals surface area contributed by atoms with Crippen LogP contribution in [0.25, 0.3) is 0 Å². The molecular formula is C11H20N2. The van der Waals surface area contributed by atoms with Crippen LogP contribution in [0.3, 0.4) is 0 Å². The monoisotopic (exact) mass is 180 g/mol. The minimum Gasteiger partial charge on any atom is -0.329 e. The fraction of sp³-hybridized carbons (Fsp3) is 0.727. The first kappa shape index (κ1) is 10.3. The minimum absolute atomic E-state index is 0.186. The first-order chi connectivity index (χ1) is 5.84. The van der Waals surface area contributed by atoms with Crippen LogP contribution in [-0.2, 0) is 5.41 Å². The van der Waals surface area contributed by atoms with Gasteiger partial charge in [-0.3, -0.25) is 0 Å². The number of hydrogen-bond acceptors (Lipinski definition) is 1. The Labute approximate surface area is 81.0 Å². The van der Waals surface area contributed by atoms with Gasteiger partial charge >= 0.3 is 0 Å². The van der Waals surface area contributed by atoms with Crippen molar-refractivity contribution in [3.05, 3.63) is 17.7 Å². The summed E-state index contributed by atoms with van der Waals surface area (Å²) in [6.07, 6.45) is 2.00. The Morgan fingerprint density at radius 1 is 1.31 bits per heavy atom. The average molecular weight is 180 g/mol. The third-order valence-electron chi connectivity index (χ3n) is 2.27. The van der Waals surface area contributed by atoms with Crippen LogP contribution in [0.5, 0.6) is 0 Å². The minimum atomic E-state index is 0.186. The summed E-state index contributed by atoms with van der Waals surface area (Å²) in [6.45, 7) is 13.1. The highest BCUT2D eigenvalue weighted by molar-refractivity contribution is 5.15. The predicted octanol–water partition coefficient (Wildman–Crippen LogP) is 3.07. The molecule has 0 N–H and O–H groups in total. The largest absolute Gasteiger partial charge is 0.329 e. The van der Waals surface area contributed by atoms with E-state index in [4.69, 9.17) is 0 Å². The molecule has 0 saturated carbocycles. The zero-order chi connectivity index (χ0) is 10.2. The zero-order valence-corrected chi connectivity index (χ0v) is 9.55. The van der Waals surface area contributed by atoms with Gasteiger partial charge in [0.15, 0.2) is 0 Å². The summed E-state index contributed by atoms with van der Waals surface area (Å²) in [4.78, 5) is 4.37. The average Bonchev–Trinajstić information content (AvgIpc) is 2.28. The summed E-state index contributed by atoms with van der Waals surface area (Å²) in [5.41, 5.74) is 1.51. The van der Waals surface area contributed by atoms with Gasteiger partial charge in [0.1, 0.15) is 5.82 Å². The lowest BCUT2D eigenvalue weighted by Crippen LogP contribution is -2.19. The molecule has 74 valence electrons. The van der Waals surface area contributed by atoms with Crippen molar-refractivity contribution in [2.24, 2.45) is 0 Å². The number of aryl methyl sites for hydroxylation is 1. The molecule has 2 nitrogen and oxygen atoms in total. The Morgan fingerprint density at radius 2 is 1.85 bits per heavy atom. The lowest BCUT2D eigenvalue weighted by atomic mass is 9.92. The lowest BCUT2D eigenvalue weighted by molar-refractivity contribution is 0.477. The maximum absolute atomic E-state index is 4.37. The molecule has 0 aliphatic carbocycles. The summed E-state index contributed by atoms with van der Waals surface area (Å²) in [7, 11) is 0. The molecule has 0 radical (unpaired) electrons. The van der Waals surface area contributed by atoms with Gasteiger partial charge in [-0.25, -0.2) is 4.98 Å². The van der Waals surface area contributed by atoms with Crippen molar-refractivity contribution in [2.75, 3.05) is 0 Å². The summed E-state index contributed by atoms with van der Waals surface area (Å²) >= 11 is 0. The lowest BCUT2D eigenvalue weighted by Gasteiger charge is -2.23. The van der Waals surface area contributed by atoms with Crippen LogP contribution >= 0.6 is 0 Å². The Balaban J connectivity index is 3.23. The number of imidazole rings is 1. The molecule has 0 aliphatic rings. The van der Waals surface area contributed by atoms with Crippen LogP contribution in [0.4, 0.5) is 0 Å². The van der Waals surface area contributed by atoms with Gasteiger partial charge in [-0.05, 0) is 20.8 Å². The molecule has 1 aromatic heterocycles. The Kier molecular flexibility index (Phi) is 2.51. The van der Waals surface area contributed by atoms with Crippen LogP contribution in [0, 0.1) is 6.92 Å². The van der Waals surface area contributed by atoms with Gasteiger partial charge in [0.25, 0.3) is 0 Å². The Bertz CT molecular complexity index is 290. The molecule has 0 spiro atoms. The maximum atomic E-state index is 4.37. The summed E-state index contributed by atoms with van der Waals surface area (Å²) < 4.78 is 2.31. The third-order valence-corrected chi connectivity index (χ3v) is 2.27. The van der Waals surface area contributed by atoms with Gasteiger partial charge in [-0.15, -0.1) is 0 Å². The van der Waals surface area contributed by atoms with Crippen LogP contribution in [-0.4, -0.2) is 9.55 Å². The molecule has 13 heavy (non-hydrogen) atoms. The fourth-order valence-electron chi connectivity index (χ4n) is 1.66. The molecule has 0 fully saturated rings. The predicted molar refractivity (Wildman–Crippen MR) is 56.0 cm³/mol. The zero-order valence-electron chi connectivity index (χ0n) is 9.55. The molecule has 0 saturated heterocycles. The first-order valence-corrected chi connectivity index (χ1v) is 4.88. The molecule has 0 atom stereocenters. The van der Waals surface area contributed by atoms with Crippen LogP contribution in [0.15, 0.2) is 6.20 Å². The van der Waals surface area contributed by atoms with Crippen LogP contribution in [0.2, 0.25) is 0 Å². The van der Waals surface area contributed by atoms with Gasteiger partial charge in [-0.1, -0.05) is 20.8 Å². The second-order valence-corrected chi connectivity index (χ2v) is 4.90. The van der Waals surface area contributed by atoms with Gasteiger partial charge in [-0.2, -0.15) is 0 Å². The van der Waals surface area contributed by atoms with E-state index in [1.54, 1.807) is 0 Å². The highest BCUT2D eigenvalue weighted by Crippen LogP contribution is 2.25. The van der Waals surface area contributed by atoms with E-state index in [2.05, 4.69) is 51.1 Å². The van der Waals surface area contributed by atoms with E-state index in [1.165, 1.54) is 5.69 Å². The first-order valence-electron chi connectivity index (χ1n) is 4.88. The van der Waals surface area contributed by atoms with Crippen LogP contribution in [0.1, 0.15) is 52.2 Å². The van der Waals surface area contributed by atoms with E-state index in [0.717, 1.165) is 5.82 Å². The van der Waals surface area contributed by atoms with Crippen molar-refractivity contribution >= 4 is 0 Å². The molecule has 0 aliphatic heterocycles. The maximum Gasteiger partial charge on any atom is 0.105 e. The van der Waals surface area contributed by atoms with Crippen molar-refractivity contribution in [2.45, 2.75) is 53.0 Å². The highest BCUT2D eigenvalue weighted by Gasteiger charge is 2.21. The Hall–Kier alpha value is -0.790. The summed E-state index contributed by atoms with van der Waals surface area (Å²) in [6, 6.07) is 0.497. The smallest absolute Gasteiger partial charge is 0.105 e. The van der Waals surface area contributed by atoms with Crippen molar-refractivity contribution in [3.8, 4) is 0 Å². The molecule has 0 amide bonds. The van der Waals surface area contributed by atoms with Gasteiger partial charge in [0.05, 0.1) is 0 Å². The van der Waals surface area contributed by atoms with E-state index < -0.39 is 0 Å². The van der Waals surface area contributed by atoms with Crippen molar-refractivity contribution in [1.82, 2.24) is 9.55 Å². The number of aromatic nitrogens is 2. The number of nitrogens with zero attached hydrogens (tertiary/aromatic N) is 2. The summed E-state index contributed by atoms with van der Waals surface area (Å²) in [5.74, 6) is 1.11. The van der Waals surface area contributed by atoms with Crippen LogP contribution < -0.4 is 0 Å². The fourth-order valence-corrected chi connectivity index (χ4v) is 1.66. The molecule has 1 rings (SSSR count). The normalized spacial score (nSPS) is 12.5. The summed E-state index contributed by atoms with van der Waals surface area (Å²) in [5, 5.41) is 0. The topological polar surface area (TPSA) is 17.8 Å². The molecule has 0 bridgehead atoms. The second kappa shape index (κ2) is 3.17. The van der Waals surface area contributed by atoms with E-state index in [0.29, 0.717) is 6.04 Å². The third kappa shape index (κ3) is 1.93. The Morgan fingerprint density at radius 3 is 2.15 bits per heavy atom. The molecule has 1 heterocycles. The SMILES string of the molecule is Cc1ncc(C(C)(C)C)n1C(C)C. The van der Waals surface area contributed by atoms with Gasteiger partial charge in [0.2, 0.25) is 0 Å². The van der Waals surface area contributed by atoms with Gasteiger partial charge in [0, 0.05) is 23.3 Å². The molecule has 1 aromatic rings. The van der Waals surface area contributed by atoms with Crippen molar-refractivity contribution in [1.29, 1.82) is 0 Å². The quantitative estimate of drug-likeness (QED) is 0.649. The standard InChI is InChI=1S/C11H20N2/c1-8(2)13-9(3)12-7-10(13)11(4,5)6/h7-8H,1-6H3. The number of hydrogen-bond donors (Lipinski definition) is 0.